The maximum Gasteiger partial charge on any atom is 0.261 e. The highest BCUT2D eigenvalue weighted by atomic mass is 32.1. The van der Waals surface area contributed by atoms with Gasteiger partial charge < -0.3 is 4.90 Å². The van der Waals surface area contributed by atoms with E-state index in [0.29, 0.717) is 17.7 Å². The highest BCUT2D eigenvalue weighted by Gasteiger charge is 2.35. The normalized spacial score (nSPS) is 15.4. The van der Waals surface area contributed by atoms with Crippen LogP contribution in [0.2, 0.25) is 0 Å². The van der Waals surface area contributed by atoms with Crippen LogP contribution in [-0.2, 0) is 6.54 Å². The number of carbonyl (C=O) groups is 2. The second kappa shape index (κ2) is 5.79. The summed E-state index contributed by atoms with van der Waals surface area (Å²) in [4.78, 5) is 27.1. The molecule has 3 rings (SSSR count). The standard InChI is InChI=1S/C16H16N2O2S/c1-17(10-12-6-9-21-11-12)7-8-18-15(19)13-4-2-3-5-14(13)16(18)20/h2-6,9,11H,7-8,10H2,1H3/p+1. The predicted octanol–water partition coefficient (Wildman–Crippen LogP) is 1.06. The third-order valence-corrected chi connectivity index (χ3v) is 4.46. The molecule has 0 bridgehead atoms. The van der Waals surface area contributed by atoms with Gasteiger partial charge in [0, 0.05) is 5.56 Å². The zero-order chi connectivity index (χ0) is 14.8. The van der Waals surface area contributed by atoms with E-state index in [1.165, 1.54) is 15.4 Å². The summed E-state index contributed by atoms with van der Waals surface area (Å²) in [6.07, 6.45) is 0. The summed E-state index contributed by atoms with van der Waals surface area (Å²) in [6, 6.07) is 9.13. The number of imide groups is 1. The van der Waals surface area contributed by atoms with Crippen LogP contribution in [0.25, 0.3) is 0 Å². The molecule has 2 aromatic rings. The molecule has 5 heteroatoms. The molecule has 1 aromatic heterocycles. The number of likely N-dealkylation sites (N-methyl/N-ethyl adjacent to an activating group) is 1. The van der Waals surface area contributed by atoms with Crippen LogP contribution in [0.3, 0.4) is 0 Å². The van der Waals surface area contributed by atoms with E-state index in [1.54, 1.807) is 35.6 Å². The van der Waals surface area contributed by atoms with E-state index in [1.807, 2.05) is 0 Å². The Labute approximate surface area is 127 Å². The fourth-order valence-corrected chi connectivity index (χ4v) is 3.24. The van der Waals surface area contributed by atoms with E-state index in [0.717, 1.165) is 13.1 Å². The third-order valence-electron chi connectivity index (χ3n) is 3.73. The maximum absolute atomic E-state index is 12.2. The van der Waals surface area contributed by atoms with Gasteiger partial charge in [0.05, 0.1) is 31.3 Å². The number of hydrogen-bond donors (Lipinski definition) is 1. The third kappa shape index (κ3) is 2.75. The van der Waals surface area contributed by atoms with E-state index < -0.39 is 0 Å². The first-order valence-corrected chi connectivity index (χ1v) is 7.88. The Bertz CT molecular complexity index is 632. The molecule has 0 spiro atoms. The molecule has 4 nitrogen and oxygen atoms in total. The van der Waals surface area contributed by atoms with Gasteiger partial charge in [-0.1, -0.05) is 12.1 Å². The number of nitrogens with zero attached hydrogens (tertiary/aromatic N) is 1. The zero-order valence-corrected chi connectivity index (χ0v) is 12.7. The Hall–Kier alpha value is -1.98. The van der Waals surface area contributed by atoms with Crippen molar-refractivity contribution in [3.63, 3.8) is 0 Å². The van der Waals surface area contributed by atoms with Gasteiger partial charge in [-0.3, -0.25) is 14.5 Å². The molecule has 1 unspecified atom stereocenters. The molecule has 1 atom stereocenters. The number of hydrogen-bond acceptors (Lipinski definition) is 3. The van der Waals surface area contributed by atoms with Gasteiger partial charge >= 0.3 is 0 Å². The molecular weight excluding hydrogens is 284 g/mol. The first kappa shape index (κ1) is 14.0. The van der Waals surface area contributed by atoms with Gasteiger partial charge in [0.2, 0.25) is 0 Å². The molecule has 21 heavy (non-hydrogen) atoms. The fourth-order valence-electron chi connectivity index (χ4n) is 2.57. The van der Waals surface area contributed by atoms with Crippen molar-refractivity contribution in [2.24, 2.45) is 0 Å². The fraction of sp³-hybridized carbons (Fsp3) is 0.250. The van der Waals surface area contributed by atoms with Crippen LogP contribution in [0, 0.1) is 0 Å². The lowest BCUT2D eigenvalue weighted by Gasteiger charge is -2.18. The van der Waals surface area contributed by atoms with Gasteiger partial charge in [-0.15, -0.1) is 0 Å². The molecule has 0 fully saturated rings. The average Bonchev–Trinajstić information content (AvgIpc) is 3.07. The van der Waals surface area contributed by atoms with Gasteiger partial charge in [0.25, 0.3) is 11.8 Å². The molecule has 1 N–H and O–H groups in total. The number of rotatable bonds is 5. The molecule has 1 aromatic carbocycles. The number of quaternary nitrogens is 1. The molecule has 0 aliphatic carbocycles. The van der Waals surface area contributed by atoms with E-state index in [4.69, 9.17) is 0 Å². The minimum atomic E-state index is -0.168. The molecule has 0 saturated carbocycles. The van der Waals surface area contributed by atoms with Crippen LogP contribution in [0.4, 0.5) is 0 Å². The Morgan fingerprint density at radius 3 is 2.33 bits per heavy atom. The van der Waals surface area contributed by atoms with Gasteiger partial charge in [0.1, 0.15) is 6.54 Å². The van der Waals surface area contributed by atoms with Gasteiger partial charge in [-0.05, 0) is 29.0 Å². The van der Waals surface area contributed by atoms with Crippen LogP contribution in [-0.4, -0.2) is 36.9 Å². The number of fused-ring (bicyclic) bond motifs is 1. The van der Waals surface area contributed by atoms with Crippen molar-refractivity contribution >= 4 is 23.2 Å². The molecule has 0 saturated heterocycles. The minimum absolute atomic E-state index is 0.168. The molecule has 2 amide bonds. The second-order valence-corrected chi connectivity index (χ2v) is 6.10. The first-order valence-electron chi connectivity index (χ1n) is 6.94. The minimum Gasteiger partial charge on any atom is -0.332 e. The monoisotopic (exact) mass is 301 g/mol. The largest absolute Gasteiger partial charge is 0.332 e. The van der Waals surface area contributed by atoms with Gasteiger partial charge in [-0.2, -0.15) is 11.3 Å². The van der Waals surface area contributed by atoms with Crippen LogP contribution in [0.1, 0.15) is 26.3 Å². The van der Waals surface area contributed by atoms with Crippen molar-refractivity contribution < 1.29 is 14.5 Å². The summed E-state index contributed by atoms with van der Waals surface area (Å²) in [5.74, 6) is -0.335. The molecule has 0 radical (unpaired) electrons. The second-order valence-electron chi connectivity index (χ2n) is 5.32. The summed E-state index contributed by atoms with van der Waals surface area (Å²) in [7, 11) is 2.08. The Morgan fingerprint density at radius 2 is 1.76 bits per heavy atom. The summed E-state index contributed by atoms with van der Waals surface area (Å²) in [5, 5.41) is 4.19. The highest BCUT2D eigenvalue weighted by Crippen LogP contribution is 2.21. The number of benzene rings is 1. The zero-order valence-electron chi connectivity index (χ0n) is 11.8. The quantitative estimate of drug-likeness (QED) is 0.839. The van der Waals surface area contributed by atoms with Crippen LogP contribution < -0.4 is 4.90 Å². The summed E-state index contributed by atoms with van der Waals surface area (Å²) in [5.41, 5.74) is 2.34. The lowest BCUT2D eigenvalue weighted by molar-refractivity contribution is -0.892. The van der Waals surface area contributed by atoms with Gasteiger partial charge in [0.15, 0.2) is 0 Å². The predicted molar refractivity (Wildman–Crippen MR) is 81.6 cm³/mol. The summed E-state index contributed by atoms with van der Waals surface area (Å²) >= 11 is 1.69. The van der Waals surface area contributed by atoms with E-state index >= 15 is 0 Å². The Morgan fingerprint density at radius 1 is 1.10 bits per heavy atom. The average molecular weight is 301 g/mol. The van der Waals surface area contributed by atoms with Crippen molar-refractivity contribution in [2.75, 3.05) is 20.1 Å². The topological polar surface area (TPSA) is 41.8 Å². The first-order chi connectivity index (χ1) is 10.2. The Kier molecular flexibility index (Phi) is 3.86. The molecule has 1 aliphatic heterocycles. The van der Waals surface area contributed by atoms with Crippen LogP contribution >= 0.6 is 11.3 Å². The number of amides is 2. The summed E-state index contributed by atoms with van der Waals surface area (Å²) in [6.45, 7) is 2.12. The van der Waals surface area contributed by atoms with Crippen LogP contribution in [0.15, 0.2) is 41.1 Å². The molecular formula is C16H17N2O2S+. The van der Waals surface area contributed by atoms with Gasteiger partial charge in [-0.25, -0.2) is 0 Å². The van der Waals surface area contributed by atoms with Crippen LogP contribution in [0.5, 0.6) is 0 Å². The van der Waals surface area contributed by atoms with Crippen molar-refractivity contribution in [1.29, 1.82) is 0 Å². The lowest BCUT2D eigenvalue weighted by atomic mass is 10.1. The summed E-state index contributed by atoms with van der Waals surface area (Å²) < 4.78 is 0. The van der Waals surface area contributed by atoms with Crippen molar-refractivity contribution in [2.45, 2.75) is 6.54 Å². The highest BCUT2D eigenvalue weighted by molar-refractivity contribution is 7.07. The van der Waals surface area contributed by atoms with E-state index in [2.05, 4.69) is 23.9 Å². The molecule has 2 heterocycles. The van der Waals surface area contributed by atoms with Crippen molar-refractivity contribution in [3.8, 4) is 0 Å². The SMILES string of the molecule is C[NH+](CCN1C(=O)c2ccccc2C1=O)Cc1ccsc1. The molecule has 1 aliphatic rings. The number of nitrogens with one attached hydrogen (secondary N) is 1. The molecule has 108 valence electrons. The van der Waals surface area contributed by atoms with E-state index in [-0.39, 0.29) is 11.8 Å². The maximum atomic E-state index is 12.2. The number of thiophene rings is 1. The van der Waals surface area contributed by atoms with Crippen molar-refractivity contribution in [3.05, 3.63) is 57.8 Å². The Balaban J connectivity index is 1.62. The smallest absolute Gasteiger partial charge is 0.261 e. The van der Waals surface area contributed by atoms with Crippen molar-refractivity contribution in [1.82, 2.24) is 4.90 Å². The van der Waals surface area contributed by atoms with E-state index in [9.17, 15) is 9.59 Å². The number of carbonyl (C=O) groups excluding carboxylic acids is 2. The lowest BCUT2D eigenvalue weighted by Crippen LogP contribution is -3.08.